The second-order valence-electron chi connectivity index (χ2n) is 4.95. The van der Waals surface area contributed by atoms with Crippen molar-refractivity contribution < 1.29 is 0 Å². The maximum absolute atomic E-state index is 4.20. The molecule has 3 rings (SSSR count). The molecule has 0 saturated heterocycles. The van der Waals surface area contributed by atoms with Crippen LogP contribution < -0.4 is 5.32 Å². The van der Waals surface area contributed by atoms with Crippen molar-refractivity contribution in [2.45, 2.75) is 27.3 Å². The molecule has 0 saturated carbocycles. The molecular weight excluding hydrogens is 266 g/mol. The van der Waals surface area contributed by atoms with E-state index in [4.69, 9.17) is 0 Å². The zero-order valence-electron chi connectivity index (χ0n) is 12.3. The van der Waals surface area contributed by atoms with Crippen LogP contribution in [-0.4, -0.2) is 30.4 Å². The highest BCUT2D eigenvalue weighted by molar-refractivity contribution is 5.51. The van der Waals surface area contributed by atoms with Gasteiger partial charge in [0.2, 0.25) is 0 Å². The summed E-state index contributed by atoms with van der Waals surface area (Å²) in [6.07, 6.45) is 0. The quantitative estimate of drug-likeness (QED) is 0.764. The van der Waals surface area contributed by atoms with E-state index in [0.717, 1.165) is 35.1 Å². The van der Waals surface area contributed by atoms with Crippen LogP contribution in [0, 0.1) is 20.8 Å². The van der Waals surface area contributed by atoms with Gasteiger partial charge in [-0.2, -0.15) is 9.78 Å². The standard InChI is InChI=1S/C14H17N7/c1-9-14(10(2)17-16-9)8-15-12-5-4-6-13(7-12)21-11(3)18-19-20-21/h4-7,15H,8H2,1-3H3,(H,16,17). The Balaban J connectivity index is 1.80. The lowest BCUT2D eigenvalue weighted by atomic mass is 10.2. The van der Waals surface area contributed by atoms with Crippen molar-refractivity contribution in [3.8, 4) is 5.69 Å². The third-order valence-corrected chi connectivity index (χ3v) is 3.47. The average Bonchev–Trinajstić information content (AvgIpc) is 3.04. The smallest absolute Gasteiger partial charge is 0.153 e. The van der Waals surface area contributed by atoms with E-state index in [2.05, 4.69) is 31.0 Å². The summed E-state index contributed by atoms with van der Waals surface area (Å²) < 4.78 is 1.71. The molecular formula is C14H17N7. The van der Waals surface area contributed by atoms with Crippen LogP contribution in [-0.2, 0) is 6.54 Å². The number of tetrazole rings is 1. The third-order valence-electron chi connectivity index (χ3n) is 3.47. The molecule has 3 aromatic rings. The van der Waals surface area contributed by atoms with Crippen molar-refractivity contribution in [2.24, 2.45) is 0 Å². The second-order valence-corrected chi connectivity index (χ2v) is 4.95. The van der Waals surface area contributed by atoms with E-state index in [1.165, 1.54) is 5.56 Å². The highest BCUT2D eigenvalue weighted by Crippen LogP contribution is 2.17. The van der Waals surface area contributed by atoms with Gasteiger partial charge in [0.05, 0.1) is 11.4 Å². The molecule has 0 unspecified atom stereocenters. The molecule has 0 radical (unpaired) electrons. The van der Waals surface area contributed by atoms with Gasteiger partial charge in [-0.15, -0.1) is 5.10 Å². The monoisotopic (exact) mass is 283 g/mol. The minimum absolute atomic E-state index is 0.728. The van der Waals surface area contributed by atoms with Gasteiger partial charge in [0.15, 0.2) is 5.82 Å². The number of nitrogens with zero attached hydrogens (tertiary/aromatic N) is 5. The fourth-order valence-corrected chi connectivity index (χ4v) is 2.24. The number of anilines is 1. The Morgan fingerprint density at radius 3 is 2.76 bits per heavy atom. The summed E-state index contributed by atoms with van der Waals surface area (Å²) in [5, 5.41) is 22.2. The number of H-pyrrole nitrogens is 1. The number of aromatic amines is 1. The van der Waals surface area contributed by atoms with Gasteiger partial charge >= 0.3 is 0 Å². The van der Waals surface area contributed by atoms with Gasteiger partial charge in [0, 0.05) is 23.5 Å². The summed E-state index contributed by atoms with van der Waals surface area (Å²) >= 11 is 0. The van der Waals surface area contributed by atoms with Crippen molar-refractivity contribution in [1.29, 1.82) is 0 Å². The molecule has 0 aliphatic rings. The van der Waals surface area contributed by atoms with Gasteiger partial charge in [-0.3, -0.25) is 5.10 Å². The second kappa shape index (κ2) is 5.35. The van der Waals surface area contributed by atoms with Gasteiger partial charge < -0.3 is 5.32 Å². The number of nitrogens with one attached hydrogen (secondary N) is 2. The van der Waals surface area contributed by atoms with E-state index in [0.29, 0.717) is 0 Å². The Kier molecular flexibility index (Phi) is 3.39. The first-order valence-electron chi connectivity index (χ1n) is 6.75. The number of hydrogen-bond acceptors (Lipinski definition) is 5. The van der Waals surface area contributed by atoms with Gasteiger partial charge in [0.25, 0.3) is 0 Å². The fourth-order valence-electron chi connectivity index (χ4n) is 2.24. The molecule has 0 bridgehead atoms. The summed E-state index contributed by atoms with van der Waals surface area (Å²) in [5.41, 5.74) is 5.25. The van der Waals surface area contributed by atoms with Crippen LogP contribution >= 0.6 is 0 Å². The van der Waals surface area contributed by atoms with E-state index < -0.39 is 0 Å². The fraction of sp³-hybridized carbons (Fsp3) is 0.286. The van der Waals surface area contributed by atoms with E-state index in [1.807, 2.05) is 45.0 Å². The zero-order chi connectivity index (χ0) is 14.8. The summed E-state index contributed by atoms with van der Waals surface area (Å²) in [6.45, 7) is 6.63. The Labute approximate surface area is 122 Å². The molecule has 0 amide bonds. The third kappa shape index (κ3) is 2.62. The molecule has 0 aliphatic carbocycles. The van der Waals surface area contributed by atoms with E-state index in [1.54, 1.807) is 4.68 Å². The molecule has 7 heteroatoms. The predicted octanol–water partition coefficient (Wildman–Crippen LogP) is 1.92. The van der Waals surface area contributed by atoms with E-state index in [9.17, 15) is 0 Å². The Morgan fingerprint density at radius 1 is 1.24 bits per heavy atom. The Hall–Kier alpha value is -2.70. The zero-order valence-corrected chi connectivity index (χ0v) is 12.3. The molecule has 1 aromatic carbocycles. The molecule has 2 aromatic heterocycles. The van der Waals surface area contributed by atoms with Crippen molar-refractivity contribution in [2.75, 3.05) is 5.32 Å². The molecule has 2 heterocycles. The highest BCUT2D eigenvalue weighted by atomic mass is 15.5. The van der Waals surface area contributed by atoms with Gasteiger partial charge in [-0.1, -0.05) is 6.07 Å². The number of aryl methyl sites for hydroxylation is 3. The first-order chi connectivity index (χ1) is 10.1. The summed E-state index contributed by atoms with van der Waals surface area (Å²) in [4.78, 5) is 0. The largest absolute Gasteiger partial charge is 0.381 e. The molecule has 0 aliphatic heterocycles. The topological polar surface area (TPSA) is 84.3 Å². The van der Waals surface area contributed by atoms with Crippen molar-refractivity contribution >= 4 is 5.69 Å². The Morgan fingerprint density at radius 2 is 2.10 bits per heavy atom. The molecule has 7 nitrogen and oxygen atoms in total. The molecule has 21 heavy (non-hydrogen) atoms. The van der Waals surface area contributed by atoms with Crippen LogP contribution in [0.2, 0.25) is 0 Å². The molecule has 0 spiro atoms. The number of aromatic nitrogens is 6. The van der Waals surface area contributed by atoms with Crippen molar-refractivity contribution in [1.82, 2.24) is 30.4 Å². The van der Waals surface area contributed by atoms with Crippen LogP contribution in [0.4, 0.5) is 5.69 Å². The number of hydrogen-bond donors (Lipinski definition) is 2. The molecule has 108 valence electrons. The summed E-state index contributed by atoms with van der Waals surface area (Å²) in [7, 11) is 0. The molecule has 0 fully saturated rings. The lowest BCUT2D eigenvalue weighted by molar-refractivity contribution is 0.779. The van der Waals surface area contributed by atoms with Crippen LogP contribution in [0.15, 0.2) is 24.3 Å². The lowest BCUT2D eigenvalue weighted by Gasteiger charge is -2.09. The minimum atomic E-state index is 0.728. The van der Waals surface area contributed by atoms with Gasteiger partial charge in [-0.05, 0) is 49.4 Å². The molecule has 2 N–H and O–H groups in total. The van der Waals surface area contributed by atoms with Crippen molar-refractivity contribution in [3.63, 3.8) is 0 Å². The predicted molar refractivity (Wildman–Crippen MR) is 79.3 cm³/mol. The van der Waals surface area contributed by atoms with Crippen LogP contribution in [0.25, 0.3) is 5.69 Å². The SMILES string of the molecule is Cc1n[nH]c(C)c1CNc1cccc(-n2nnnc2C)c1. The van der Waals surface area contributed by atoms with Crippen LogP contribution in [0.1, 0.15) is 22.8 Å². The highest BCUT2D eigenvalue weighted by Gasteiger charge is 2.07. The maximum atomic E-state index is 4.20. The van der Waals surface area contributed by atoms with Crippen LogP contribution in [0.3, 0.4) is 0 Å². The normalized spacial score (nSPS) is 10.8. The van der Waals surface area contributed by atoms with Crippen LogP contribution in [0.5, 0.6) is 0 Å². The van der Waals surface area contributed by atoms with E-state index >= 15 is 0 Å². The summed E-state index contributed by atoms with van der Waals surface area (Å²) in [5.74, 6) is 0.758. The first kappa shape index (κ1) is 13.3. The first-order valence-corrected chi connectivity index (χ1v) is 6.75. The number of rotatable bonds is 4. The lowest BCUT2D eigenvalue weighted by Crippen LogP contribution is -2.04. The molecule has 0 atom stereocenters. The Bertz CT molecular complexity index is 737. The maximum Gasteiger partial charge on any atom is 0.153 e. The van der Waals surface area contributed by atoms with E-state index in [-0.39, 0.29) is 0 Å². The van der Waals surface area contributed by atoms with Crippen molar-refractivity contribution in [3.05, 3.63) is 47.0 Å². The minimum Gasteiger partial charge on any atom is -0.381 e. The summed E-state index contributed by atoms with van der Waals surface area (Å²) in [6, 6.07) is 8.00. The van der Waals surface area contributed by atoms with Gasteiger partial charge in [0.1, 0.15) is 0 Å². The average molecular weight is 283 g/mol. The number of benzene rings is 1. The van der Waals surface area contributed by atoms with Gasteiger partial charge in [-0.25, -0.2) is 0 Å².